The summed E-state index contributed by atoms with van der Waals surface area (Å²) < 4.78 is 5.27. The molecular weight excluding hydrogens is 289 g/mol. The second-order valence-corrected chi connectivity index (χ2v) is 5.37. The molecule has 0 aliphatic carbocycles. The highest BCUT2D eigenvalue weighted by Gasteiger charge is 2.37. The van der Waals surface area contributed by atoms with Crippen molar-refractivity contribution in [2.75, 3.05) is 0 Å². The van der Waals surface area contributed by atoms with Gasteiger partial charge in [0.15, 0.2) is 0 Å². The monoisotopic (exact) mass is 307 g/mol. The molecule has 2 rings (SSSR count). The van der Waals surface area contributed by atoms with Crippen LogP contribution >= 0.6 is 0 Å². The Bertz CT molecular complexity index is 576. The minimum atomic E-state index is -1.32. The Labute approximate surface area is 128 Å². The summed E-state index contributed by atoms with van der Waals surface area (Å²) in [5, 5.41) is 30.9. The van der Waals surface area contributed by atoms with Crippen molar-refractivity contribution in [3.63, 3.8) is 0 Å². The number of amides is 1. The van der Waals surface area contributed by atoms with Crippen molar-refractivity contribution in [3.8, 4) is 5.75 Å². The van der Waals surface area contributed by atoms with E-state index in [0.717, 1.165) is 0 Å². The van der Waals surface area contributed by atoms with Crippen LogP contribution in [0.25, 0.3) is 0 Å². The van der Waals surface area contributed by atoms with E-state index in [1.54, 1.807) is 19.1 Å². The van der Waals surface area contributed by atoms with E-state index in [9.17, 15) is 14.6 Å². The zero-order valence-corrected chi connectivity index (χ0v) is 12.2. The molecule has 22 heavy (non-hydrogen) atoms. The summed E-state index contributed by atoms with van der Waals surface area (Å²) in [6.45, 7) is 1.59. The average Bonchev–Trinajstić information content (AvgIpc) is 2.45. The number of aromatic carboxylic acids is 1. The molecule has 1 amide bonds. The first-order valence-corrected chi connectivity index (χ1v) is 7.06. The number of carboxylic acids is 1. The van der Waals surface area contributed by atoms with Crippen molar-refractivity contribution in [1.82, 2.24) is 5.32 Å². The van der Waals surface area contributed by atoms with Crippen molar-refractivity contribution >= 4 is 19.0 Å². The van der Waals surface area contributed by atoms with Gasteiger partial charge in [0.2, 0.25) is 5.91 Å². The Morgan fingerprint density at radius 3 is 2.86 bits per heavy atom. The van der Waals surface area contributed by atoms with Gasteiger partial charge in [-0.2, -0.15) is 0 Å². The lowest BCUT2D eigenvalue weighted by Crippen LogP contribution is -2.53. The first-order chi connectivity index (χ1) is 10.4. The first kappa shape index (κ1) is 16.3. The Hall–Kier alpha value is -2.06. The van der Waals surface area contributed by atoms with Crippen LogP contribution in [0.2, 0.25) is 0 Å². The molecule has 8 heteroatoms. The van der Waals surface area contributed by atoms with Crippen molar-refractivity contribution in [3.05, 3.63) is 29.3 Å². The number of fused-ring (bicyclic) bond motifs is 1. The standard InChI is InChI=1S/C14H18BNO6/c1-8(17)5-6-12(18)16-11-7-9-3-2-4-10(14(19)20)13(9)22-15(11)21/h2-4,8,11,17,21H,5-7H2,1H3,(H,16,18)(H,19,20)/t8?,11-/m0/s1. The van der Waals surface area contributed by atoms with Crippen LogP contribution in [-0.2, 0) is 11.2 Å². The Kier molecular flexibility index (Phi) is 5.05. The zero-order chi connectivity index (χ0) is 16.3. The molecule has 1 unspecified atom stereocenters. The Morgan fingerprint density at radius 1 is 1.50 bits per heavy atom. The largest absolute Gasteiger partial charge is 0.547 e. The minimum Gasteiger partial charge on any atom is -0.534 e. The van der Waals surface area contributed by atoms with Gasteiger partial charge in [-0.25, -0.2) is 4.79 Å². The number of carboxylic acid groups (broad SMARTS) is 1. The van der Waals surface area contributed by atoms with Gasteiger partial charge in [-0.15, -0.1) is 0 Å². The van der Waals surface area contributed by atoms with Gasteiger partial charge in [0, 0.05) is 6.42 Å². The Morgan fingerprint density at radius 2 is 2.23 bits per heavy atom. The lowest BCUT2D eigenvalue weighted by Gasteiger charge is -2.28. The van der Waals surface area contributed by atoms with Crippen LogP contribution < -0.4 is 9.97 Å². The predicted molar refractivity (Wildman–Crippen MR) is 78.6 cm³/mol. The molecule has 0 saturated heterocycles. The van der Waals surface area contributed by atoms with Gasteiger partial charge >= 0.3 is 13.1 Å². The van der Waals surface area contributed by atoms with Crippen LogP contribution in [-0.4, -0.2) is 46.3 Å². The van der Waals surface area contributed by atoms with Gasteiger partial charge in [-0.1, -0.05) is 12.1 Å². The Balaban J connectivity index is 2.08. The van der Waals surface area contributed by atoms with E-state index < -0.39 is 25.1 Å². The summed E-state index contributed by atoms with van der Waals surface area (Å²) in [4.78, 5) is 22.9. The van der Waals surface area contributed by atoms with Crippen LogP contribution in [0.15, 0.2) is 18.2 Å². The van der Waals surface area contributed by atoms with Gasteiger partial charge in [0.05, 0.1) is 17.6 Å². The van der Waals surface area contributed by atoms with Crippen molar-refractivity contribution in [2.24, 2.45) is 0 Å². The fraction of sp³-hybridized carbons (Fsp3) is 0.429. The third kappa shape index (κ3) is 3.77. The van der Waals surface area contributed by atoms with Crippen molar-refractivity contribution in [2.45, 2.75) is 38.2 Å². The maximum atomic E-state index is 11.8. The second kappa shape index (κ2) is 6.80. The molecule has 0 bridgehead atoms. The van der Waals surface area contributed by atoms with E-state index >= 15 is 0 Å². The summed E-state index contributed by atoms with van der Waals surface area (Å²) in [5.74, 6) is -1.95. The first-order valence-electron chi connectivity index (χ1n) is 7.06. The maximum absolute atomic E-state index is 11.8. The van der Waals surface area contributed by atoms with E-state index in [1.807, 2.05) is 0 Å². The highest BCUT2D eigenvalue weighted by Crippen LogP contribution is 2.30. The lowest BCUT2D eigenvalue weighted by atomic mass is 9.72. The molecule has 118 valence electrons. The van der Waals surface area contributed by atoms with Gasteiger partial charge in [0.1, 0.15) is 5.75 Å². The quantitative estimate of drug-likeness (QED) is 0.568. The number of aliphatic hydroxyl groups is 1. The van der Waals surface area contributed by atoms with Gasteiger partial charge in [-0.3, -0.25) is 4.79 Å². The molecule has 0 spiro atoms. The minimum absolute atomic E-state index is 0.0181. The van der Waals surface area contributed by atoms with Crippen LogP contribution in [0, 0.1) is 0 Å². The summed E-state index contributed by atoms with van der Waals surface area (Å²) in [6, 6.07) is 4.69. The highest BCUT2D eigenvalue weighted by atomic mass is 16.5. The SMILES string of the molecule is CC(O)CCC(=O)N[C@H]1Cc2cccc(C(=O)O)c2OB1O. The second-order valence-electron chi connectivity index (χ2n) is 5.37. The number of para-hydroxylation sites is 1. The number of hydrogen-bond donors (Lipinski definition) is 4. The fourth-order valence-electron chi connectivity index (χ4n) is 2.34. The van der Waals surface area contributed by atoms with Crippen molar-refractivity contribution in [1.29, 1.82) is 0 Å². The van der Waals surface area contributed by atoms with E-state index in [1.165, 1.54) is 6.07 Å². The molecule has 1 heterocycles. The zero-order valence-electron chi connectivity index (χ0n) is 12.2. The van der Waals surface area contributed by atoms with Gasteiger partial charge in [-0.05, 0) is 31.4 Å². The number of hydrogen-bond acceptors (Lipinski definition) is 5. The molecule has 0 saturated carbocycles. The predicted octanol–water partition coefficient (Wildman–Crippen LogP) is -0.0148. The van der Waals surface area contributed by atoms with Crippen LogP contribution in [0.3, 0.4) is 0 Å². The molecule has 1 aliphatic heterocycles. The number of carbonyl (C=O) groups excluding carboxylic acids is 1. The highest BCUT2D eigenvalue weighted by molar-refractivity contribution is 6.47. The smallest absolute Gasteiger partial charge is 0.534 e. The molecule has 1 aromatic rings. The van der Waals surface area contributed by atoms with E-state index in [4.69, 9.17) is 14.9 Å². The maximum Gasteiger partial charge on any atom is 0.547 e. The molecule has 1 aliphatic rings. The molecular formula is C14H18BNO6. The molecule has 4 N–H and O–H groups in total. The number of nitrogens with one attached hydrogen (secondary N) is 1. The van der Waals surface area contributed by atoms with E-state index in [0.29, 0.717) is 12.0 Å². The number of benzene rings is 1. The van der Waals surface area contributed by atoms with Gasteiger partial charge in [0.25, 0.3) is 0 Å². The molecule has 0 fully saturated rings. The normalized spacial score (nSPS) is 18.1. The average molecular weight is 307 g/mol. The summed E-state index contributed by atoms with van der Waals surface area (Å²) >= 11 is 0. The summed E-state index contributed by atoms with van der Waals surface area (Å²) in [5.41, 5.74) is 0.599. The lowest BCUT2D eigenvalue weighted by molar-refractivity contribution is -0.122. The number of carbonyl (C=O) groups is 2. The molecule has 2 atom stereocenters. The third-order valence-electron chi connectivity index (χ3n) is 3.49. The van der Waals surface area contributed by atoms with Crippen LogP contribution in [0.5, 0.6) is 5.75 Å². The fourth-order valence-corrected chi connectivity index (χ4v) is 2.34. The third-order valence-corrected chi connectivity index (χ3v) is 3.49. The number of aliphatic hydroxyl groups excluding tert-OH is 1. The van der Waals surface area contributed by atoms with Crippen molar-refractivity contribution < 1.29 is 29.5 Å². The molecule has 7 nitrogen and oxygen atoms in total. The summed E-state index contributed by atoms with van der Waals surface area (Å²) in [6.07, 6.45) is 0.174. The summed E-state index contributed by atoms with van der Waals surface area (Å²) in [7, 11) is -1.32. The topological polar surface area (TPSA) is 116 Å². The molecule has 0 aromatic heterocycles. The van der Waals surface area contributed by atoms with Crippen LogP contribution in [0.4, 0.5) is 0 Å². The molecule has 1 aromatic carbocycles. The van der Waals surface area contributed by atoms with Gasteiger partial charge < -0.3 is 25.2 Å². The number of rotatable bonds is 5. The van der Waals surface area contributed by atoms with Crippen LogP contribution in [0.1, 0.15) is 35.7 Å². The molecule has 0 radical (unpaired) electrons. The van der Waals surface area contributed by atoms with E-state index in [2.05, 4.69) is 5.32 Å². The van der Waals surface area contributed by atoms with E-state index in [-0.39, 0.29) is 30.1 Å².